The van der Waals surface area contributed by atoms with Gasteiger partial charge in [-0.05, 0) is 49.8 Å². The first-order valence-corrected chi connectivity index (χ1v) is 6.84. The van der Waals surface area contributed by atoms with Crippen LogP contribution < -0.4 is 21.3 Å². The zero-order valence-electron chi connectivity index (χ0n) is 10.6. The first-order chi connectivity index (χ1) is 8.81. The van der Waals surface area contributed by atoms with E-state index in [1.54, 1.807) is 0 Å². The van der Waals surface area contributed by atoms with Crippen molar-refractivity contribution < 1.29 is 4.74 Å². The third-order valence-electron chi connectivity index (χ3n) is 3.82. The van der Waals surface area contributed by atoms with Gasteiger partial charge in [0.05, 0.1) is 12.3 Å². The molecule has 2 unspecified atom stereocenters. The molecule has 1 aliphatic heterocycles. The lowest BCUT2D eigenvalue weighted by molar-refractivity contribution is 0.210. The number of rotatable bonds is 3. The fourth-order valence-corrected chi connectivity index (χ4v) is 2.78. The van der Waals surface area contributed by atoms with Crippen LogP contribution in [0.4, 0.5) is 0 Å². The summed E-state index contributed by atoms with van der Waals surface area (Å²) >= 11 is 0. The summed E-state index contributed by atoms with van der Waals surface area (Å²) < 4.78 is 5.95. The average Bonchev–Trinajstić information content (AvgIpc) is 3.02. The SMILES string of the molecule is NC1CC(c2ccc(OC3CCCC3)cc2)NN1. The average molecular weight is 247 g/mol. The summed E-state index contributed by atoms with van der Waals surface area (Å²) in [6.07, 6.45) is 6.40. The Morgan fingerprint density at radius 3 is 2.39 bits per heavy atom. The van der Waals surface area contributed by atoms with Crippen molar-refractivity contribution in [2.45, 2.75) is 50.4 Å². The van der Waals surface area contributed by atoms with Crippen LogP contribution in [0.25, 0.3) is 0 Å². The van der Waals surface area contributed by atoms with Gasteiger partial charge in [-0.1, -0.05) is 12.1 Å². The van der Waals surface area contributed by atoms with Crippen LogP contribution in [-0.4, -0.2) is 12.3 Å². The first-order valence-electron chi connectivity index (χ1n) is 6.84. The molecule has 1 aromatic carbocycles. The van der Waals surface area contributed by atoms with Gasteiger partial charge in [0.2, 0.25) is 0 Å². The number of benzene rings is 1. The Labute approximate surface area is 108 Å². The monoisotopic (exact) mass is 247 g/mol. The van der Waals surface area contributed by atoms with Crippen molar-refractivity contribution >= 4 is 0 Å². The fourth-order valence-electron chi connectivity index (χ4n) is 2.78. The Bertz CT molecular complexity index is 387. The van der Waals surface area contributed by atoms with Crippen molar-refractivity contribution in [1.82, 2.24) is 10.9 Å². The highest BCUT2D eigenvalue weighted by atomic mass is 16.5. The van der Waals surface area contributed by atoms with E-state index in [4.69, 9.17) is 10.5 Å². The Morgan fingerprint density at radius 2 is 1.78 bits per heavy atom. The van der Waals surface area contributed by atoms with Crippen molar-refractivity contribution in [3.8, 4) is 5.75 Å². The molecule has 18 heavy (non-hydrogen) atoms. The molecule has 2 aliphatic rings. The Morgan fingerprint density at radius 1 is 1.06 bits per heavy atom. The summed E-state index contributed by atoms with van der Waals surface area (Å²) in [5.41, 5.74) is 13.3. The first kappa shape index (κ1) is 12.0. The number of hydrogen-bond donors (Lipinski definition) is 3. The van der Waals surface area contributed by atoms with Crippen LogP contribution in [0.15, 0.2) is 24.3 Å². The molecular weight excluding hydrogens is 226 g/mol. The maximum atomic E-state index is 5.95. The van der Waals surface area contributed by atoms with Crippen LogP contribution in [0.3, 0.4) is 0 Å². The lowest BCUT2D eigenvalue weighted by Crippen LogP contribution is -2.36. The largest absolute Gasteiger partial charge is 0.490 e. The fraction of sp³-hybridized carbons (Fsp3) is 0.571. The second-order valence-electron chi connectivity index (χ2n) is 5.28. The zero-order valence-corrected chi connectivity index (χ0v) is 10.6. The van der Waals surface area contributed by atoms with E-state index < -0.39 is 0 Å². The minimum absolute atomic E-state index is 0.0458. The van der Waals surface area contributed by atoms with Crippen molar-refractivity contribution in [2.75, 3.05) is 0 Å². The molecule has 4 nitrogen and oxygen atoms in total. The van der Waals surface area contributed by atoms with Gasteiger partial charge in [-0.25, -0.2) is 10.9 Å². The van der Waals surface area contributed by atoms with Crippen LogP contribution in [0.2, 0.25) is 0 Å². The molecule has 1 saturated carbocycles. The molecule has 0 aromatic heterocycles. The van der Waals surface area contributed by atoms with Crippen LogP contribution in [-0.2, 0) is 0 Å². The van der Waals surface area contributed by atoms with Gasteiger partial charge in [0.15, 0.2) is 0 Å². The molecule has 2 atom stereocenters. The number of hydrogen-bond acceptors (Lipinski definition) is 4. The minimum Gasteiger partial charge on any atom is -0.490 e. The zero-order chi connectivity index (χ0) is 12.4. The summed E-state index contributed by atoms with van der Waals surface area (Å²) in [6.45, 7) is 0. The minimum atomic E-state index is 0.0458. The molecule has 0 spiro atoms. The lowest BCUT2D eigenvalue weighted by Gasteiger charge is -2.14. The summed E-state index contributed by atoms with van der Waals surface area (Å²) in [5.74, 6) is 0.987. The number of nitrogens with one attached hydrogen (secondary N) is 2. The summed E-state index contributed by atoms with van der Waals surface area (Å²) in [4.78, 5) is 0. The molecule has 4 heteroatoms. The smallest absolute Gasteiger partial charge is 0.119 e. The molecule has 0 amide bonds. The van der Waals surface area contributed by atoms with E-state index in [2.05, 4.69) is 35.1 Å². The van der Waals surface area contributed by atoms with Gasteiger partial charge in [0.1, 0.15) is 5.75 Å². The second-order valence-corrected chi connectivity index (χ2v) is 5.28. The highest BCUT2D eigenvalue weighted by Gasteiger charge is 2.22. The van der Waals surface area contributed by atoms with Gasteiger partial charge in [0.25, 0.3) is 0 Å². The van der Waals surface area contributed by atoms with Gasteiger partial charge in [0, 0.05) is 6.04 Å². The molecule has 1 aliphatic carbocycles. The van der Waals surface area contributed by atoms with Crippen molar-refractivity contribution in [3.05, 3.63) is 29.8 Å². The van der Waals surface area contributed by atoms with Crippen molar-refractivity contribution in [1.29, 1.82) is 0 Å². The molecule has 1 saturated heterocycles. The van der Waals surface area contributed by atoms with Gasteiger partial charge in [-0.2, -0.15) is 0 Å². The quantitative estimate of drug-likeness (QED) is 0.762. The maximum Gasteiger partial charge on any atom is 0.119 e. The van der Waals surface area contributed by atoms with Crippen molar-refractivity contribution in [3.63, 3.8) is 0 Å². The normalized spacial score (nSPS) is 28.7. The molecule has 0 radical (unpaired) electrons. The number of ether oxygens (including phenoxy) is 1. The Hall–Kier alpha value is -1.10. The highest BCUT2D eigenvalue weighted by Crippen LogP contribution is 2.26. The molecule has 1 aromatic rings. The number of nitrogens with two attached hydrogens (primary N) is 1. The summed E-state index contributed by atoms with van der Waals surface area (Å²) in [5, 5.41) is 0. The molecular formula is C14H21N3O. The van der Waals surface area contributed by atoms with Gasteiger partial charge in [-0.15, -0.1) is 0 Å². The number of hydrazine groups is 1. The predicted molar refractivity (Wildman–Crippen MR) is 70.9 cm³/mol. The van der Waals surface area contributed by atoms with Crippen LogP contribution in [0.5, 0.6) is 5.75 Å². The molecule has 3 rings (SSSR count). The lowest BCUT2D eigenvalue weighted by atomic mass is 10.0. The summed E-state index contributed by atoms with van der Waals surface area (Å²) in [6, 6.07) is 8.70. The standard InChI is InChI=1S/C14H21N3O/c15-14-9-13(16-17-14)10-5-7-12(8-6-10)18-11-3-1-2-4-11/h5-8,11,13-14,16-17H,1-4,9,15H2. The topological polar surface area (TPSA) is 59.3 Å². The van der Waals surface area contributed by atoms with Gasteiger partial charge >= 0.3 is 0 Å². The van der Waals surface area contributed by atoms with Crippen LogP contribution in [0.1, 0.15) is 43.7 Å². The van der Waals surface area contributed by atoms with Crippen LogP contribution in [0, 0.1) is 0 Å². The molecule has 2 fully saturated rings. The molecule has 1 heterocycles. The highest BCUT2D eigenvalue weighted by molar-refractivity contribution is 5.29. The second kappa shape index (κ2) is 5.26. The third kappa shape index (κ3) is 2.66. The van der Waals surface area contributed by atoms with E-state index in [0.29, 0.717) is 12.1 Å². The predicted octanol–water partition coefficient (Wildman–Crippen LogP) is 1.83. The van der Waals surface area contributed by atoms with Gasteiger partial charge < -0.3 is 10.5 Å². The van der Waals surface area contributed by atoms with E-state index in [1.165, 1.54) is 31.2 Å². The maximum absolute atomic E-state index is 5.95. The Kier molecular flexibility index (Phi) is 3.50. The Balaban J connectivity index is 1.61. The van der Waals surface area contributed by atoms with E-state index in [-0.39, 0.29) is 6.17 Å². The van der Waals surface area contributed by atoms with E-state index in [0.717, 1.165) is 12.2 Å². The molecule has 0 bridgehead atoms. The van der Waals surface area contributed by atoms with Gasteiger partial charge in [-0.3, -0.25) is 0 Å². The van der Waals surface area contributed by atoms with Crippen molar-refractivity contribution in [2.24, 2.45) is 5.73 Å². The van der Waals surface area contributed by atoms with E-state index in [9.17, 15) is 0 Å². The third-order valence-corrected chi connectivity index (χ3v) is 3.82. The molecule has 98 valence electrons. The van der Waals surface area contributed by atoms with Crippen LogP contribution >= 0.6 is 0 Å². The summed E-state index contributed by atoms with van der Waals surface area (Å²) in [7, 11) is 0. The van der Waals surface area contributed by atoms with E-state index in [1.807, 2.05) is 0 Å². The molecule has 4 N–H and O–H groups in total. The van der Waals surface area contributed by atoms with E-state index >= 15 is 0 Å².